The van der Waals surface area contributed by atoms with Crippen LogP contribution in [-0.4, -0.2) is 72.1 Å². The molecule has 3 aromatic rings. The SMILES string of the molecule is C=CC(=O)N1CC(CN2C(=O)C(CN3CC[C@@H](C)C3)Oc3cc(-c4cc(O)cc5ccccc45)c(Cl)cc32)C1. The van der Waals surface area contributed by atoms with E-state index in [2.05, 4.69) is 18.4 Å². The van der Waals surface area contributed by atoms with Crippen LogP contribution in [0, 0.1) is 11.8 Å². The maximum Gasteiger partial charge on any atom is 0.269 e. The van der Waals surface area contributed by atoms with Crippen molar-refractivity contribution in [2.75, 3.05) is 44.2 Å². The molecule has 3 aliphatic rings. The molecule has 202 valence electrons. The summed E-state index contributed by atoms with van der Waals surface area (Å²) in [4.78, 5) is 31.6. The first-order chi connectivity index (χ1) is 18.8. The third-order valence-electron chi connectivity index (χ3n) is 8.10. The molecule has 6 rings (SSSR count). The smallest absolute Gasteiger partial charge is 0.269 e. The second-order valence-electron chi connectivity index (χ2n) is 11.0. The Labute approximate surface area is 233 Å². The highest BCUT2D eigenvalue weighted by Gasteiger charge is 2.40. The molecule has 39 heavy (non-hydrogen) atoms. The molecule has 2 saturated heterocycles. The van der Waals surface area contributed by atoms with Crippen molar-refractivity contribution < 1.29 is 19.4 Å². The van der Waals surface area contributed by atoms with Crippen LogP contribution in [0.4, 0.5) is 5.69 Å². The predicted octanol–water partition coefficient (Wildman–Crippen LogP) is 4.95. The van der Waals surface area contributed by atoms with Crippen LogP contribution in [0.1, 0.15) is 13.3 Å². The van der Waals surface area contributed by atoms with Gasteiger partial charge in [0.25, 0.3) is 5.91 Å². The largest absolute Gasteiger partial charge is 0.508 e. The highest BCUT2D eigenvalue weighted by Crippen LogP contribution is 2.45. The Bertz CT molecular complexity index is 1470. The fourth-order valence-electron chi connectivity index (χ4n) is 6.05. The Morgan fingerprint density at radius 1 is 1.13 bits per heavy atom. The molecule has 0 aromatic heterocycles. The van der Waals surface area contributed by atoms with Crippen LogP contribution in [0.15, 0.2) is 61.2 Å². The molecular weight excluding hydrogens is 514 g/mol. The number of ether oxygens (including phenoxy) is 1. The lowest BCUT2D eigenvalue weighted by atomic mass is 9.95. The lowest BCUT2D eigenvalue weighted by Crippen LogP contribution is -2.57. The molecule has 2 fully saturated rings. The second-order valence-corrected chi connectivity index (χ2v) is 11.4. The zero-order valence-electron chi connectivity index (χ0n) is 22.0. The summed E-state index contributed by atoms with van der Waals surface area (Å²) in [5.74, 6) is 1.33. The number of nitrogens with zero attached hydrogens (tertiary/aromatic N) is 3. The number of phenols is 1. The Morgan fingerprint density at radius 2 is 1.92 bits per heavy atom. The third-order valence-corrected chi connectivity index (χ3v) is 8.42. The van der Waals surface area contributed by atoms with Gasteiger partial charge >= 0.3 is 0 Å². The minimum atomic E-state index is -0.635. The molecular formula is C31H32ClN3O4. The van der Waals surface area contributed by atoms with E-state index in [1.54, 1.807) is 28.0 Å². The Kier molecular flexibility index (Phi) is 6.73. The normalized spacial score (nSPS) is 21.5. The van der Waals surface area contributed by atoms with E-state index >= 15 is 0 Å². The summed E-state index contributed by atoms with van der Waals surface area (Å²) in [6.45, 7) is 9.87. The zero-order chi connectivity index (χ0) is 27.3. The number of aromatic hydroxyl groups is 1. The van der Waals surface area contributed by atoms with Crippen LogP contribution in [0.3, 0.4) is 0 Å². The first-order valence-electron chi connectivity index (χ1n) is 13.5. The second kappa shape index (κ2) is 10.2. The molecule has 2 amide bonds. The summed E-state index contributed by atoms with van der Waals surface area (Å²) >= 11 is 6.87. The summed E-state index contributed by atoms with van der Waals surface area (Å²) in [5.41, 5.74) is 2.17. The lowest BCUT2D eigenvalue weighted by Gasteiger charge is -2.43. The Hall–Kier alpha value is -3.55. The van der Waals surface area contributed by atoms with Crippen LogP contribution in [-0.2, 0) is 9.59 Å². The van der Waals surface area contributed by atoms with E-state index in [1.807, 2.05) is 30.3 Å². The molecule has 7 nitrogen and oxygen atoms in total. The zero-order valence-corrected chi connectivity index (χ0v) is 22.7. The minimum Gasteiger partial charge on any atom is -0.508 e. The van der Waals surface area contributed by atoms with Gasteiger partial charge in [-0.05, 0) is 65.6 Å². The van der Waals surface area contributed by atoms with E-state index in [1.165, 1.54) is 6.08 Å². The number of rotatable bonds is 6. The van der Waals surface area contributed by atoms with Crippen molar-refractivity contribution in [1.82, 2.24) is 9.80 Å². The van der Waals surface area contributed by atoms with Crippen LogP contribution >= 0.6 is 11.6 Å². The van der Waals surface area contributed by atoms with E-state index in [9.17, 15) is 14.7 Å². The van der Waals surface area contributed by atoms with Gasteiger partial charge in [0.2, 0.25) is 5.91 Å². The van der Waals surface area contributed by atoms with Gasteiger partial charge in [-0.3, -0.25) is 14.5 Å². The number of phenolic OH excluding ortho intramolecular Hbond substituents is 1. The van der Waals surface area contributed by atoms with E-state index in [0.29, 0.717) is 48.6 Å². The van der Waals surface area contributed by atoms with Gasteiger partial charge in [0, 0.05) is 44.2 Å². The highest BCUT2D eigenvalue weighted by molar-refractivity contribution is 6.34. The quantitative estimate of drug-likeness (QED) is 0.444. The Morgan fingerprint density at radius 3 is 2.67 bits per heavy atom. The van der Waals surface area contributed by atoms with Gasteiger partial charge in [-0.2, -0.15) is 0 Å². The highest BCUT2D eigenvalue weighted by atomic mass is 35.5. The van der Waals surface area contributed by atoms with Gasteiger partial charge in [0.05, 0.1) is 10.7 Å². The number of fused-ring (bicyclic) bond motifs is 2. The number of benzene rings is 3. The molecule has 3 heterocycles. The average Bonchev–Trinajstić information content (AvgIpc) is 3.31. The van der Waals surface area contributed by atoms with Crippen molar-refractivity contribution >= 4 is 39.9 Å². The van der Waals surface area contributed by atoms with Crippen molar-refractivity contribution in [2.24, 2.45) is 11.8 Å². The topological polar surface area (TPSA) is 73.3 Å². The molecule has 0 saturated carbocycles. The first kappa shape index (κ1) is 25.7. The number of anilines is 1. The van der Waals surface area contributed by atoms with Crippen molar-refractivity contribution in [3.05, 3.63) is 66.2 Å². The van der Waals surface area contributed by atoms with Crippen molar-refractivity contribution in [1.29, 1.82) is 0 Å². The van der Waals surface area contributed by atoms with Crippen LogP contribution in [0.5, 0.6) is 11.5 Å². The molecule has 8 heteroatoms. The number of amides is 2. The third kappa shape index (κ3) is 4.85. The molecule has 0 radical (unpaired) electrons. The Balaban J connectivity index is 1.37. The average molecular weight is 546 g/mol. The molecule has 1 N–H and O–H groups in total. The van der Waals surface area contributed by atoms with Crippen molar-refractivity contribution in [3.8, 4) is 22.6 Å². The van der Waals surface area contributed by atoms with E-state index < -0.39 is 6.10 Å². The standard InChI is InChI=1S/C31H32ClN3O4/c1-3-30(37)34-15-20(16-34)17-35-27-13-26(32)25(24-11-22(36)10-21-6-4-5-7-23(21)24)12-28(27)39-29(31(35)38)18-33-9-8-19(2)14-33/h3-7,10-13,19-20,29,36H,1,8-9,14-18H2,2H3/t19-,29?/m1/s1. The van der Waals surface area contributed by atoms with Crippen LogP contribution in [0.2, 0.25) is 5.02 Å². The maximum absolute atomic E-state index is 13.8. The minimum absolute atomic E-state index is 0.0813. The van der Waals surface area contributed by atoms with Crippen molar-refractivity contribution in [2.45, 2.75) is 19.4 Å². The van der Waals surface area contributed by atoms with Gasteiger partial charge in [0.1, 0.15) is 11.5 Å². The number of halogens is 1. The summed E-state index contributed by atoms with van der Waals surface area (Å²) in [6.07, 6.45) is 1.80. The summed E-state index contributed by atoms with van der Waals surface area (Å²) < 4.78 is 6.41. The predicted molar refractivity (Wildman–Crippen MR) is 153 cm³/mol. The molecule has 2 atom stereocenters. The van der Waals surface area contributed by atoms with E-state index in [0.717, 1.165) is 41.4 Å². The number of hydrogen-bond donors (Lipinski definition) is 1. The van der Waals surface area contributed by atoms with Gasteiger partial charge in [-0.1, -0.05) is 49.4 Å². The number of carbonyl (C=O) groups is 2. The first-order valence-corrected chi connectivity index (χ1v) is 13.9. The number of hydrogen-bond acceptors (Lipinski definition) is 5. The molecule has 3 aliphatic heterocycles. The molecule has 1 unspecified atom stereocenters. The molecule has 0 spiro atoms. The van der Waals surface area contributed by atoms with Gasteiger partial charge in [-0.15, -0.1) is 0 Å². The van der Waals surface area contributed by atoms with Gasteiger partial charge < -0.3 is 19.6 Å². The monoisotopic (exact) mass is 545 g/mol. The maximum atomic E-state index is 13.8. The lowest BCUT2D eigenvalue weighted by molar-refractivity contribution is -0.132. The number of likely N-dealkylation sites (tertiary alicyclic amines) is 2. The number of carbonyl (C=O) groups excluding carboxylic acids is 2. The summed E-state index contributed by atoms with van der Waals surface area (Å²) in [5, 5.41) is 12.8. The fourth-order valence-corrected chi connectivity index (χ4v) is 6.31. The van der Waals surface area contributed by atoms with E-state index in [-0.39, 0.29) is 23.5 Å². The molecule has 0 aliphatic carbocycles. The summed E-state index contributed by atoms with van der Waals surface area (Å²) in [6, 6.07) is 15.0. The van der Waals surface area contributed by atoms with Crippen molar-refractivity contribution in [3.63, 3.8) is 0 Å². The van der Waals surface area contributed by atoms with Gasteiger partial charge in [0.15, 0.2) is 6.10 Å². The fraction of sp³-hybridized carbons (Fsp3) is 0.355. The summed E-state index contributed by atoms with van der Waals surface area (Å²) in [7, 11) is 0. The van der Waals surface area contributed by atoms with E-state index in [4.69, 9.17) is 16.3 Å². The van der Waals surface area contributed by atoms with Crippen LogP contribution < -0.4 is 9.64 Å². The van der Waals surface area contributed by atoms with Crippen LogP contribution in [0.25, 0.3) is 21.9 Å². The molecule has 3 aromatic carbocycles. The molecule has 0 bridgehead atoms. The van der Waals surface area contributed by atoms with Gasteiger partial charge in [-0.25, -0.2) is 0 Å².